The standard InChI is InChI=1S/C24H25ClN2O3/c1-15-6-4-5-7-19(25)17(10-15)16-8-9-20-18(11-16)24(14-29-21(26)27-24)23(12-28-13-23)22(2,3)30-20/h4-11H,12-14H2,1-3H3,(H2,26,27)/b5-4?,6-4?,7-5+,15-6?,15-10?,17-10?,19-7?,19-17-. The average Bonchev–Trinajstić information content (AvgIpc) is 3.02. The molecule has 1 unspecified atom stereocenters. The molecule has 0 aromatic heterocycles. The molecule has 1 atom stereocenters. The van der Waals surface area contributed by atoms with Crippen LogP contribution in [-0.2, 0) is 15.0 Å². The Labute approximate surface area is 181 Å². The summed E-state index contributed by atoms with van der Waals surface area (Å²) in [5.74, 6) is 0.794. The van der Waals surface area contributed by atoms with Crippen LogP contribution in [0, 0.1) is 5.41 Å². The lowest BCUT2D eigenvalue weighted by Gasteiger charge is -2.61. The van der Waals surface area contributed by atoms with Gasteiger partial charge in [0.2, 0.25) is 0 Å². The van der Waals surface area contributed by atoms with Gasteiger partial charge in [0, 0.05) is 16.2 Å². The number of nitrogens with zero attached hydrogens (tertiary/aromatic N) is 1. The van der Waals surface area contributed by atoms with Gasteiger partial charge in [-0.1, -0.05) is 41.5 Å². The molecule has 3 heterocycles. The molecular formula is C24H25ClN2O3. The molecule has 5 nitrogen and oxygen atoms in total. The van der Waals surface area contributed by atoms with Crippen LogP contribution >= 0.6 is 11.6 Å². The first-order valence-corrected chi connectivity index (χ1v) is 10.5. The fourth-order valence-corrected chi connectivity index (χ4v) is 5.18. The van der Waals surface area contributed by atoms with E-state index in [2.05, 4.69) is 39.0 Å². The molecule has 2 N–H and O–H groups in total. The van der Waals surface area contributed by atoms with E-state index in [0.717, 1.165) is 28.0 Å². The van der Waals surface area contributed by atoms with Crippen LogP contribution in [0.4, 0.5) is 0 Å². The number of hydrogen-bond acceptors (Lipinski definition) is 5. The van der Waals surface area contributed by atoms with Crippen LogP contribution in [0.25, 0.3) is 5.57 Å². The lowest BCUT2D eigenvalue weighted by atomic mass is 9.55. The maximum Gasteiger partial charge on any atom is 0.283 e. The second kappa shape index (κ2) is 6.50. The summed E-state index contributed by atoms with van der Waals surface area (Å²) in [6.07, 6.45) is 9.98. The average molecular weight is 425 g/mol. The molecule has 1 fully saturated rings. The van der Waals surface area contributed by atoms with E-state index in [1.807, 2.05) is 30.4 Å². The molecule has 156 valence electrons. The minimum atomic E-state index is -0.661. The van der Waals surface area contributed by atoms with Gasteiger partial charge in [0.1, 0.15) is 23.5 Å². The molecule has 3 aliphatic heterocycles. The zero-order valence-corrected chi connectivity index (χ0v) is 18.1. The summed E-state index contributed by atoms with van der Waals surface area (Å²) >= 11 is 6.65. The molecule has 4 aliphatic rings. The Morgan fingerprint density at radius 3 is 2.53 bits per heavy atom. The normalized spacial score (nSPS) is 31.6. The van der Waals surface area contributed by atoms with Crippen molar-refractivity contribution in [3.05, 3.63) is 70.3 Å². The van der Waals surface area contributed by atoms with Gasteiger partial charge in [-0.3, -0.25) is 0 Å². The number of ether oxygens (including phenoxy) is 3. The van der Waals surface area contributed by atoms with E-state index in [9.17, 15) is 0 Å². The molecule has 1 aliphatic carbocycles. The molecule has 1 aromatic rings. The number of allylic oxidation sites excluding steroid dienone is 8. The third kappa shape index (κ3) is 2.55. The Bertz CT molecular complexity index is 1080. The summed E-state index contributed by atoms with van der Waals surface area (Å²) in [4.78, 5) is 4.87. The number of fused-ring (bicyclic) bond motifs is 3. The molecule has 6 heteroatoms. The first-order chi connectivity index (χ1) is 14.3. The SMILES string of the molecule is CC1=C/C(c2ccc3c(c2)C2(COC(N)=N2)C2(COC2)C(C)(C)O3)=C(Cl)\C=C\C=C1. The number of aliphatic imine (C=N–C) groups is 1. The molecule has 5 rings (SSSR count). The van der Waals surface area contributed by atoms with Gasteiger partial charge in [0.15, 0.2) is 0 Å². The summed E-state index contributed by atoms with van der Waals surface area (Å²) in [6.45, 7) is 7.70. The van der Waals surface area contributed by atoms with Crippen molar-refractivity contribution in [1.29, 1.82) is 0 Å². The second-order valence-corrected chi connectivity index (χ2v) is 9.27. The van der Waals surface area contributed by atoms with Gasteiger partial charge >= 0.3 is 0 Å². The number of amidine groups is 1. The van der Waals surface area contributed by atoms with Crippen LogP contribution in [0.5, 0.6) is 5.75 Å². The third-order valence-corrected chi connectivity index (χ3v) is 7.14. The fourth-order valence-electron chi connectivity index (χ4n) is 4.95. The van der Waals surface area contributed by atoms with Crippen LogP contribution in [0.15, 0.2) is 64.2 Å². The van der Waals surface area contributed by atoms with Gasteiger partial charge in [0.05, 0.1) is 18.6 Å². The first kappa shape index (κ1) is 19.5. The van der Waals surface area contributed by atoms with Crippen molar-refractivity contribution in [2.45, 2.75) is 31.9 Å². The predicted octanol–water partition coefficient (Wildman–Crippen LogP) is 4.44. The molecule has 0 bridgehead atoms. The summed E-state index contributed by atoms with van der Waals surface area (Å²) < 4.78 is 17.9. The van der Waals surface area contributed by atoms with Crippen LogP contribution in [0.1, 0.15) is 31.9 Å². The van der Waals surface area contributed by atoms with Crippen molar-refractivity contribution in [2.75, 3.05) is 19.8 Å². The van der Waals surface area contributed by atoms with E-state index in [-0.39, 0.29) is 11.4 Å². The smallest absolute Gasteiger partial charge is 0.283 e. The van der Waals surface area contributed by atoms with Crippen molar-refractivity contribution >= 4 is 23.2 Å². The minimum Gasteiger partial charge on any atom is -0.487 e. The van der Waals surface area contributed by atoms with Crippen molar-refractivity contribution in [3.8, 4) is 5.75 Å². The zero-order valence-electron chi connectivity index (χ0n) is 17.4. The molecule has 2 spiro atoms. The summed E-state index contributed by atoms with van der Waals surface area (Å²) in [7, 11) is 0. The molecule has 1 aromatic carbocycles. The third-order valence-electron chi connectivity index (χ3n) is 6.81. The lowest BCUT2D eigenvalue weighted by Crippen LogP contribution is -2.71. The van der Waals surface area contributed by atoms with Gasteiger partial charge in [-0.15, -0.1) is 0 Å². The lowest BCUT2D eigenvalue weighted by molar-refractivity contribution is -0.247. The van der Waals surface area contributed by atoms with Gasteiger partial charge in [0.25, 0.3) is 6.02 Å². The van der Waals surface area contributed by atoms with Crippen molar-refractivity contribution < 1.29 is 14.2 Å². The maximum atomic E-state index is 6.65. The Morgan fingerprint density at radius 2 is 1.87 bits per heavy atom. The number of rotatable bonds is 1. The second-order valence-electron chi connectivity index (χ2n) is 8.87. The highest BCUT2D eigenvalue weighted by atomic mass is 35.5. The van der Waals surface area contributed by atoms with E-state index in [4.69, 9.17) is 36.5 Å². The minimum absolute atomic E-state index is 0.211. The molecule has 0 amide bonds. The molecule has 30 heavy (non-hydrogen) atoms. The van der Waals surface area contributed by atoms with Crippen LogP contribution in [-0.4, -0.2) is 31.4 Å². The van der Waals surface area contributed by atoms with Crippen LogP contribution in [0.3, 0.4) is 0 Å². The summed E-state index contributed by atoms with van der Waals surface area (Å²) in [6, 6.07) is 6.38. The van der Waals surface area contributed by atoms with E-state index in [1.165, 1.54) is 0 Å². The molecule has 0 radical (unpaired) electrons. The summed E-state index contributed by atoms with van der Waals surface area (Å²) in [5.41, 5.74) is 8.56. The van der Waals surface area contributed by atoms with Crippen molar-refractivity contribution in [2.24, 2.45) is 16.1 Å². The van der Waals surface area contributed by atoms with E-state index >= 15 is 0 Å². The number of nitrogens with two attached hydrogens (primary N) is 1. The largest absolute Gasteiger partial charge is 0.487 e. The molecule has 0 saturated carbocycles. The van der Waals surface area contributed by atoms with Crippen LogP contribution in [0.2, 0.25) is 0 Å². The predicted molar refractivity (Wildman–Crippen MR) is 118 cm³/mol. The summed E-state index contributed by atoms with van der Waals surface area (Å²) in [5, 5.41) is 0.678. The van der Waals surface area contributed by atoms with Crippen molar-refractivity contribution in [3.63, 3.8) is 0 Å². The highest BCUT2D eigenvalue weighted by molar-refractivity contribution is 6.35. The number of benzene rings is 1. The van der Waals surface area contributed by atoms with Gasteiger partial charge < -0.3 is 19.9 Å². The van der Waals surface area contributed by atoms with E-state index in [1.54, 1.807) is 0 Å². The highest BCUT2D eigenvalue weighted by Gasteiger charge is 2.71. The monoisotopic (exact) mass is 424 g/mol. The van der Waals surface area contributed by atoms with Gasteiger partial charge in [-0.2, -0.15) is 0 Å². The molecule has 1 saturated heterocycles. The Hall–Kier alpha value is -2.50. The zero-order chi connectivity index (χ0) is 21.1. The molecular weight excluding hydrogens is 400 g/mol. The first-order valence-electron chi connectivity index (χ1n) is 10.1. The van der Waals surface area contributed by atoms with Gasteiger partial charge in [-0.25, -0.2) is 4.99 Å². The highest BCUT2D eigenvalue weighted by Crippen LogP contribution is 2.62. The van der Waals surface area contributed by atoms with Crippen molar-refractivity contribution in [1.82, 2.24) is 0 Å². The fraction of sp³-hybridized carbons (Fsp3) is 0.375. The van der Waals surface area contributed by atoms with Gasteiger partial charge in [-0.05, 0) is 50.6 Å². The van der Waals surface area contributed by atoms with E-state index in [0.29, 0.717) is 24.9 Å². The number of hydrogen-bond donors (Lipinski definition) is 1. The Kier molecular flexibility index (Phi) is 4.21. The van der Waals surface area contributed by atoms with Crippen LogP contribution < -0.4 is 10.5 Å². The maximum absolute atomic E-state index is 6.65. The topological polar surface area (TPSA) is 66.1 Å². The van der Waals surface area contributed by atoms with E-state index < -0.39 is 11.1 Å². The quantitative estimate of drug-likeness (QED) is 0.723. The Balaban J connectivity index is 1.73. The number of halogens is 1. The Morgan fingerprint density at radius 1 is 1.10 bits per heavy atom.